The van der Waals surface area contributed by atoms with E-state index in [0.717, 1.165) is 5.56 Å². The fraction of sp³-hybridized carbons (Fsp3) is 0.222. The second-order valence-corrected chi connectivity index (χ2v) is 4.44. The Morgan fingerprint density at radius 1 is 1.46 bits per heavy atom. The summed E-state index contributed by atoms with van der Waals surface area (Å²) in [7, 11) is -3.60. The van der Waals surface area contributed by atoms with Crippen LogP contribution in [0.15, 0.2) is 23.1 Å². The molecule has 0 aliphatic carbocycles. The number of hydrogen-bond acceptors (Lipinski definition) is 2. The van der Waals surface area contributed by atoms with Gasteiger partial charge in [-0.25, -0.2) is 13.6 Å². The van der Waals surface area contributed by atoms with Crippen LogP contribution in [0.1, 0.15) is 11.1 Å². The van der Waals surface area contributed by atoms with E-state index in [-0.39, 0.29) is 4.90 Å². The van der Waals surface area contributed by atoms with E-state index in [2.05, 4.69) is 6.92 Å². The lowest BCUT2D eigenvalue weighted by Gasteiger charge is -2.05. The first-order valence-corrected chi connectivity index (χ1v) is 5.41. The van der Waals surface area contributed by atoms with Crippen molar-refractivity contribution in [1.29, 1.82) is 0 Å². The molecule has 0 aliphatic rings. The number of hydrogen-bond donors (Lipinski definition) is 1. The van der Waals surface area contributed by atoms with E-state index in [1.54, 1.807) is 12.1 Å². The molecular formula is C9H12NO2S. The third kappa shape index (κ3) is 2.29. The number of primary sulfonamides is 1. The molecule has 0 atom stereocenters. The molecular weight excluding hydrogens is 186 g/mol. The first kappa shape index (κ1) is 10.2. The van der Waals surface area contributed by atoms with Gasteiger partial charge in [-0.15, -0.1) is 0 Å². The van der Waals surface area contributed by atoms with E-state index in [4.69, 9.17) is 5.14 Å². The van der Waals surface area contributed by atoms with E-state index in [1.165, 1.54) is 6.07 Å². The van der Waals surface area contributed by atoms with Crippen molar-refractivity contribution in [2.24, 2.45) is 5.14 Å². The summed E-state index contributed by atoms with van der Waals surface area (Å²) in [6, 6.07) is 5.02. The maximum atomic E-state index is 11.1. The Morgan fingerprint density at radius 3 is 2.54 bits per heavy atom. The summed E-state index contributed by atoms with van der Waals surface area (Å²) in [6.45, 7) is 5.55. The number of sulfonamides is 1. The van der Waals surface area contributed by atoms with Crippen molar-refractivity contribution >= 4 is 10.0 Å². The first-order chi connectivity index (χ1) is 5.95. The highest BCUT2D eigenvalue weighted by molar-refractivity contribution is 7.89. The fourth-order valence-electron chi connectivity index (χ4n) is 1.18. The summed E-state index contributed by atoms with van der Waals surface area (Å²) in [5.74, 6) is 0. The van der Waals surface area contributed by atoms with Gasteiger partial charge in [0.05, 0.1) is 4.90 Å². The Kier molecular flexibility index (Phi) is 2.73. The number of rotatable bonds is 2. The van der Waals surface area contributed by atoms with Crippen LogP contribution in [0.25, 0.3) is 0 Å². The topological polar surface area (TPSA) is 60.2 Å². The molecule has 2 N–H and O–H groups in total. The molecule has 0 spiro atoms. The van der Waals surface area contributed by atoms with Gasteiger partial charge in [0.1, 0.15) is 0 Å². The summed E-state index contributed by atoms with van der Waals surface area (Å²) in [5, 5.41) is 5.03. The van der Waals surface area contributed by atoms with Crippen LogP contribution in [-0.4, -0.2) is 8.42 Å². The molecule has 0 amide bonds. The molecule has 1 aromatic carbocycles. The van der Waals surface area contributed by atoms with Crippen molar-refractivity contribution in [3.63, 3.8) is 0 Å². The maximum Gasteiger partial charge on any atom is 0.238 e. The molecule has 0 unspecified atom stereocenters. The van der Waals surface area contributed by atoms with E-state index in [9.17, 15) is 8.42 Å². The van der Waals surface area contributed by atoms with Crippen molar-refractivity contribution in [2.75, 3.05) is 0 Å². The third-order valence-electron chi connectivity index (χ3n) is 1.79. The van der Waals surface area contributed by atoms with Gasteiger partial charge in [-0.05, 0) is 31.9 Å². The van der Waals surface area contributed by atoms with Gasteiger partial charge in [-0.2, -0.15) is 0 Å². The average molecular weight is 198 g/mol. The van der Waals surface area contributed by atoms with Crippen molar-refractivity contribution in [1.82, 2.24) is 0 Å². The van der Waals surface area contributed by atoms with Crippen molar-refractivity contribution in [3.8, 4) is 0 Å². The molecule has 1 aromatic rings. The highest BCUT2D eigenvalue weighted by atomic mass is 32.2. The second-order valence-electron chi connectivity index (χ2n) is 2.91. The lowest BCUT2D eigenvalue weighted by molar-refractivity contribution is 0.597. The Bertz CT molecular complexity index is 410. The van der Waals surface area contributed by atoms with E-state index in [1.807, 2.05) is 6.92 Å². The number of nitrogens with two attached hydrogens (primary N) is 1. The molecule has 0 aliphatic heterocycles. The quantitative estimate of drug-likeness (QED) is 0.771. The van der Waals surface area contributed by atoms with Gasteiger partial charge < -0.3 is 0 Å². The van der Waals surface area contributed by atoms with E-state index in [0.29, 0.717) is 12.0 Å². The predicted octanol–water partition coefficient (Wildman–Crippen LogP) is 1.02. The Balaban J connectivity index is 3.39. The van der Waals surface area contributed by atoms with Crippen LogP contribution in [0.4, 0.5) is 0 Å². The molecule has 1 rings (SSSR count). The number of benzene rings is 1. The van der Waals surface area contributed by atoms with E-state index >= 15 is 0 Å². The van der Waals surface area contributed by atoms with Gasteiger partial charge in [0.25, 0.3) is 0 Å². The average Bonchev–Trinajstić information content (AvgIpc) is 2.01. The van der Waals surface area contributed by atoms with Crippen LogP contribution in [0.5, 0.6) is 0 Å². The second kappa shape index (κ2) is 3.47. The van der Waals surface area contributed by atoms with Crippen molar-refractivity contribution in [3.05, 3.63) is 36.2 Å². The number of aryl methyl sites for hydroxylation is 1. The van der Waals surface area contributed by atoms with Gasteiger partial charge in [-0.1, -0.05) is 17.7 Å². The minimum atomic E-state index is -3.60. The summed E-state index contributed by atoms with van der Waals surface area (Å²) >= 11 is 0. The molecule has 0 saturated carbocycles. The van der Waals surface area contributed by atoms with Crippen molar-refractivity contribution in [2.45, 2.75) is 18.2 Å². The molecule has 0 fully saturated rings. The minimum Gasteiger partial charge on any atom is -0.225 e. The lowest BCUT2D eigenvalue weighted by Crippen LogP contribution is -2.14. The van der Waals surface area contributed by atoms with Gasteiger partial charge in [0, 0.05) is 0 Å². The van der Waals surface area contributed by atoms with Crippen LogP contribution in [0.3, 0.4) is 0 Å². The molecule has 1 radical (unpaired) electrons. The molecule has 0 bridgehead atoms. The monoisotopic (exact) mass is 198 g/mol. The largest absolute Gasteiger partial charge is 0.238 e. The summed E-state index contributed by atoms with van der Waals surface area (Å²) in [4.78, 5) is 0.174. The Hall–Kier alpha value is -0.870. The Morgan fingerprint density at radius 2 is 2.08 bits per heavy atom. The van der Waals surface area contributed by atoms with Gasteiger partial charge in [0.2, 0.25) is 10.0 Å². The van der Waals surface area contributed by atoms with Crippen LogP contribution in [-0.2, 0) is 16.4 Å². The minimum absolute atomic E-state index is 0.174. The molecule has 0 heterocycles. The molecule has 71 valence electrons. The SMILES string of the molecule is [CH2]Cc1cc(C)ccc1S(N)(=O)=O. The summed E-state index contributed by atoms with van der Waals surface area (Å²) in [5.41, 5.74) is 1.67. The highest BCUT2D eigenvalue weighted by Gasteiger charge is 2.11. The first-order valence-electron chi connectivity index (χ1n) is 3.86. The smallest absolute Gasteiger partial charge is 0.225 e. The molecule has 0 aromatic heterocycles. The van der Waals surface area contributed by atoms with Gasteiger partial charge in [0.15, 0.2) is 0 Å². The van der Waals surface area contributed by atoms with Crippen LogP contribution < -0.4 is 5.14 Å². The maximum absolute atomic E-state index is 11.1. The third-order valence-corrected chi connectivity index (χ3v) is 2.80. The Labute approximate surface area is 78.6 Å². The van der Waals surface area contributed by atoms with Gasteiger partial charge >= 0.3 is 0 Å². The molecule has 4 heteroatoms. The van der Waals surface area contributed by atoms with Crippen LogP contribution in [0, 0.1) is 13.8 Å². The van der Waals surface area contributed by atoms with E-state index < -0.39 is 10.0 Å². The van der Waals surface area contributed by atoms with Crippen LogP contribution in [0.2, 0.25) is 0 Å². The zero-order chi connectivity index (χ0) is 10.1. The molecule has 0 saturated heterocycles. The van der Waals surface area contributed by atoms with Crippen molar-refractivity contribution < 1.29 is 8.42 Å². The summed E-state index contributed by atoms with van der Waals surface area (Å²) < 4.78 is 22.1. The zero-order valence-corrected chi connectivity index (χ0v) is 8.26. The zero-order valence-electron chi connectivity index (χ0n) is 7.45. The molecule has 13 heavy (non-hydrogen) atoms. The summed E-state index contributed by atoms with van der Waals surface area (Å²) in [6.07, 6.45) is 0.424. The molecule has 3 nitrogen and oxygen atoms in total. The fourth-order valence-corrected chi connectivity index (χ4v) is 1.97. The van der Waals surface area contributed by atoms with Gasteiger partial charge in [-0.3, -0.25) is 0 Å². The van der Waals surface area contributed by atoms with Crippen LogP contribution >= 0.6 is 0 Å². The highest BCUT2D eigenvalue weighted by Crippen LogP contribution is 2.16. The normalized spacial score (nSPS) is 11.6. The standard InChI is InChI=1S/C9H12NO2S/c1-3-8-6-7(2)4-5-9(8)13(10,11)12/h4-6H,1,3H2,2H3,(H2,10,11,12). The lowest BCUT2D eigenvalue weighted by atomic mass is 10.1. The predicted molar refractivity (Wildman–Crippen MR) is 51.6 cm³/mol.